The van der Waals surface area contributed by atoms with Crippen molar-refractivity contribution < 1.29 is 141 Å². The Hall–Kier alpha value is -14.8. The van der Waals surface area contributed by atoms with Crippen LogP contribution in [0.4, 0.5) is 0 Å². The second-order valence-corrected chi connectivity index (χ2v) is 36.7. The van der Waals surface area contributed by atoms with Crippen LogP contribution >= 0.6 is 11.8 Å². The van der Waals surface area contributed by atoms with Crippen LogP contribution in [0.15, 0.2) is 67.1 Å². The quantitative estimate of drug-likeness (QED) is 0.0142. The number of carbonyl (C=O) groups excluding carboxylic acids is 20. The fourth-order valence-electron chi connectivity index (χ4n) is 14.0. The number of nitrogens with zero attached hydrogens (tertiary/aromatic N) is 1. The standard InChI is InChI=1S/C90H140N26O29S/c1-43(2)30-56(105-81(136)59(34-49-36-97-42-100-49)108-82(137)60(35-68(94)124)109-87(142)71(45(5)6)116-86(141)65(41-120)111-74(129)53(21-24-66(92)122)101-69(125)37-99-73(128)51(91)27-29-146-9)78(133)102-52(16-13-28-98-90(95)96)77(132)115-72(46(7)8)88(143)114-64(40-119)84(139)104-55(23-26-70(126)127)76(131)107-58(33-48-17-19-50(121)20-18-48)80(135)112-62(38-117)83(138)103-54(22-25-67(93)123)75(130)106-57(32-47-14-11-10-12-15-47)79(134)113-63(39-118)85(140)110-61(89(144)145)31-44(3)4/h10-12,14-15,17-20,36,42-46,51-65,71-72,117-121H,13,16,21-35,37-41,91H2,1-9H3,(H2,92,122)(H2,93,123)(H2,94,124)(H,97,100)(H,99,128)(H,101,125)(H,102,133)(H,103,138)(H,104,139)(H,105,136)(H,106,130)(H,107,131)(H,108,137)(H,109,142)(H,110,140)(H,111,129)(H,112,135)(H,113,134)(H,114,143)(H,115,132)(H,116,141)(H,126,127)(H,144,145)(H4,95,96,98)/t51-,52-,53-,54-,55-,56-,57-,58-,59-,60-,61-,62-,63-,64-,65-,71-,72-/m0/s1. The molecule has 2 aromatic carbocycles. The number of carboxylic acids is 2. The molecule has 0 saturated carbocycles. The van der Waals surface area contributed by atoms with Crippen molar-refractivity contribution in [3.63, 3.8) is 0 Å². The lowest BCUT2D eigenvalue weighted by Gasteiger charge is -2.29. The van der Waals surface area contributed by atoms with Gasteiger partial charge in [-0.3, -0.25) is 106 Å². The summed E-state index contributed by atoms with van der Waals surface area (Å²) in [6, 6.07) is -16.8. The predicted octanol–water partition coefficient (Wildman–Crippen LogP) is -10.9. The molecule has 0 fully saturated rings. The topological polar surface area (TPSA) is 916 Å². The van der Waals surface area contributed by atoms with E-state index in [9.17, 15) is 141 Å². The highest BCUT2D eigenvalue weighted by Crippen LogP contribution is 2.18. The molecule has 17 atom stereocenters. The number of aromatic nitrogens is 2. The molecule has 810 valence electrons. The molecule has 1 aromatic heterocycles. The minimum atomic E-state index is -2.08. The average molecular weight is 2080 g/mol. The molecule has 3 aromatic rings. The molecule has 146 heavy (non-hydrogen) atoms. The van der Waals surface area contributed by atoms with Crippen molar-refractivity contribution >= 4 is 148 Å². The summed E-state index contributed by atoms with van der Waals surface area (Å²) in [6.45, 7) is 6.82. The highest BCUT2D eigenvalue weighted by Gasteiger charge is 2.41. The van der Waals surface area contributed by atoms with Crippen molar-refractivity contribution in [2.45, 2.75) is 254 Å². The molecule has 20 amide bonds. The first kappa shape index (κ1) is 125. The lowest BCUT2D eigenvalue weighted by atomic mass is 9.99. The highest BCUT2D eigenvalue weighted by molar-refractivity contribution is 7.98. The minimum Gasteiger partial charge on any atom is -0.508 e. The molecular weight excluding hydrogens is 1940 g/mol. The van der Waals surface area contributed by atoms with Crippen molar-refractivity contribution in [3.05, 3.63) is 83.9 Å². The number of guanidine groups is 1. The van der Waals surface area contributed by atoms with Crippen LogP contribution in [0.3, 0.4) is 0 Å². The van der Waals surface area contributed by atoms with Crippen molar-refractivity contribution in [1.29, 1.82) is 5.41 Å². The molecule has 0 saturated heterocycles. The van der Waals surface area contributed by atoms with E-state index in [1.807, 2.05) is 0 Å². The smallest absolute Gasteiger partial charge is 0.326 e. The van der Waals surface area contributed by atoms with Crippen molar-refractivity contribution in [2.24, 2.45) is 52.3 Å². The maximum atomic E-state index is 14.8. The number of aromatic hydroxyl groups is 1. The number of thioether (sulfide) groups is 1. The maximum absolute atomic E-state index is 14.8. The van der Waals surface area contributed by atoms with Crippen LogP contribution in [0.2, 0.25) is 0 Å². The predicted molar refractivity (Wildman–Crippen MR) is 520 cm³/mol. The van der Waals surface area contributed by atoms with E-state index in [1.54, 1.807) is 64.3 Å². The monoisotopic (exact) mass is 2080 g/mol. The first-order valence-electron chi connectivity index (χ1n) is 46.7. The van der Waals surface area contributed by atoms with Crippen LogP contribution in [0.1, 0.15) is 149 Å². The molecule has 56 heteroatoms. The van der Waals surface area contributed by atoms with Gasteiger partial charge in [0, 0.05) is 57.0 Å². The number of imidazole rings is 1. The highest BCUT2D eigenvalue weighted by atomic mass is 32.2. The Kier molecular flexibility index (Phi) is 55.6. The molecule has 0 spiro atoms. The molecule has 0 bridgehead atoms. The van der Waals surface area contributed by atoms with Crippen molar-refractivity contribution in [2.75, 3.05) is 51.5 Å². The van der Waals surface area contributed by atoms with Gasteiger partial charge in [0.25, 0.3) is 0 Å². The van der Waals surface area contributed by atoms with E-state index in [0.717, 1.165) is 0 Å². The van der Waals surface area contributed by atoms with Gasteiger partial charge in [-0.25, -0.2) is 9.78 Å². The molecule has 1 heterocycles. The Labute approximate surface area is 844 Å². The van der Waals surface area contributed by atoms with Gasteiger partial charge in [-0.05, 0) is 110 Å². The Morgan fingerprint density at radius 1 is 0.384 bits per heavy atom. The van der Waals surface area contributed by atoms with Crippen molar-refractivity contribution in [1.82, 2.24) is 106 Å². The summed E-state index contributed by atoms with van der Waals surface area (Å²) in [5, 5.41) is 122. The fourth-order valence-corrected chi connectivity index (χ4v) is 14.5. The van der Waals surface area contributed by atoms with Crippen LogP contribution in [0.5, 0.6) is 5.75 Å². The van der Waals surface area contributed by atoms with Gasteiger partial charge in [-0.2, -0.15) is 11.8 Å². The number of hydrogen-bond acceptors (Lipinski definition) is 31. The van der Waals surface area contributed by atoms with Crippen LogP contribution < -0.4 is 124 Å². The Morgan fingerprint density at radius 2 is 0.733 bits per heavy atom. The lowest BCUT2D eigenvalue weighted by Crippen LogP contribution is -2.62. The van der Waals surface area contributed by atoms with Gasteiger partial charge in [-0.15, -0.1) is 0 Å². The molecule has 0 aliphatic carbocycles. The van der Waals surface area contributed by atoms with Crippen LogP contribution in [0, 0.1) is 29.1 Å². The van der Waals surface area contributed by atoms with Gasteiger partial charge < -0.3 is 165 Å². The third-order valence-electron chi connectivity index (χ3n) is 21.9. The summed E-state index contributed by atoms with van der Waals surface area (Å²) in [7, 11) is 0. The molecule has 0 aliphatic rings. The third-order valence-corrected chi connectivity index (χ3v) is 22.6. The van der Waals surface area contributed by atoms with E-state index in [1.165, 1.54) is 76.2 Å². The molecule has 3 rings (SSSR count). The first-order chi connectivity index (χ1) is 68.7. The normalized spacial score (nSPS) is 14.6. The van der Waals surface area contributed by atoms with E-state index < -0.39 is 347 Å². The number of nitrogens with two attached hydrogens (primary N) is 5. The number of benzene rings is 2. The number of hydrogen-bond donors (Lipinski definition) is 32. The third kappa shape index (κ3) is 46.7. The van der Waals surface area contributed by atoms with Gasteiger partial charge in [0.1, 0.15) is 102 Å². The summed E-state index contributed by atoms with van der Waals surface area (Å²) >= 11 is 1.43. The van der Waals surface area contributed by atoms with Gasteiger partial charge in [-0.1, -0.05) is 97.9 Å². The molecule has 37 N–H and O–H groups in total. The minimum absolute atomic E-state index is 0.0432. The Morgan fingerprint density at radius 3 is 1.13 bits per heavy atom. The number of nitrogens with one attached hydrogen (secondary N) is 20. The number of carboxylic acid groups (broad SMARTS) is 2. The van der Waals surface area contributed by atoms with Gasteiger partial charge in [0.05, 0.1) is 51.8 Å². The van der Waals surface area contributed by atoms with Gasteiger partial charge in [0.2, 0.25) is 118 Å². The summed E-state index contributed by atoms with van der Waals surface area (Å²) in [5.41, 5.74) is 28.5. The van der Waals surface area contributed by atoms with Crippen LogP contribution in [-0.2, 0) is 125 Å². The molecule has 0 radical (unpaired) electrons. The molecule has 0 aliphatic heterocycles. The van der Waals surface area contributed by atoms with E-state index in [-0.39, 0.29) is 68.0 Å². The van der Waals surface area contributed by atoms with E-state index in [0.29, 0.717) is 11.3 Å². The van der Waals surface area contributed by atoms with Gasteiger partial charge in [0.15, 0.2) is 5.96 Å². The number of amides is 20. The van der Waals surface area contributed by atoms with E-state index >= 15 is 0 Å². The van der Waals surface area contributed by atoms with Crippen LogP contribution in [0.25, 0.3) is 0 Å². The Balaban J connectivity index is 1.97. The average Bonchev–Trinajstić information content (AvgIpc) is 1.08. The summed E-state index contributed by atoms with van der Waals surface area (Å²) in [6.07, 6.45) is -2.25. The second-order valence-electron chi connectivity index (χ2n) is 35.7. The van der Waals surface area contributed by atoms with Crippen molar-refractivity contribution in [3.8, 4) is 5.75 Å². The molecule has 0 unspecified atom stereocenters. The van der Waals surface area contributed by atoms with Crippen LogP contribution in [-0.4, -0.2) is 336 Å². The number of carbonyl (C=O) groups is 22. The Bertz CT molecular complexity index is 4930. The summed E-state index contributed by atoms with van der Waals surface area (Å²) in [5.74, 6) is -28.5. The number of phenolic OH excluding ortho intramolecular Hbond substituents is 1. The number of phenols is 1. The second kappa shape index (κ2) is 64.8. The van der Waals surface area contributed by atoms with Gasteiger partial charge >= 0.3 is 11.9 Å². The maximum Gasteiger partial charge on any atom is 0.326 e. The first-order valence-corrected chi connectivity index (χ1v) is 48.1. The number of rotatable bonds is 69. The number of aromatic amines is 1. The zero-order valence-corrected chi connectivity index (χ0v) is 83.2. The van der Waals surface area contributed by atoms with E-state index in [4.69, 9.17) is 34.1 Å². The SMILES string of the molecule is CSCC[C@H](N)C(=O)NCC(=O)N[C@@H](CCC(N)=O)C(=O)N[C@@H](CO)C(=O)N[C@H](C(=O)N[C@@H](CC(N)=O)C(=O)N[C@@H](Cc1cnc[nH]1)C(=O)N[C@@H](CC(C)C)C(=O)N[C@@H](CCCNC(=N)N)C(=O)N[C@H](C(=O)N[C@@H](CO)C(=O)N[C@@H](CCC(=O)O)C(=O)N[C@@H](Cc1ccc(O)cc1)C(=O)N[C@@H](CO)C(=O)N[C@@H](CCC(N)=O)C(=O)N[C@@H](Cc1ccccc1)C(=O)N[C@@H](CO)C(=O)N[C@@H](CC(C)C)C(=O)O)C(C)C)C(C)C. The molecule has 55 nitrogen and oxygen atoms in total. The largest absolute Gasteiger partial charge is 0.508 e. The number of primary amides is 3. The number of aliphatic hydroxyl groups excluding tert-OH is 4. The fraction of sp³-hybridized carbons (Fsp3) is 0.578. The summed E-state index contributed by atoms with van der Waals surface area (Å²) in [4.78, 5) is 308. The number of H-pyrrole nitrogens is 1. The number of aliphatic hydroxyl groups is 4. The zero-order valence-electron chi connectivity index (χ0n) is 82.4. The number of aliphatic carboxylic acids is 2. The van der Waals surface area contributed by atoms with E-state index in [2.05, 4.69) is 106 Å². The molecular formula is C90H140N26O29S. The lowest BCUT2D eigenvalue weighted by molar-refractivity contribution is -0.143. The summed E-state index contributed by atoms with van der Waals surface area (Å²) < 4.78 is 0. The zero-order chi connectivity index (χ0) is 110.